The van der Waals surface area contributed by atoms with Gasteiger partial charge in [-0.05, 0) is 36.4 Å². The number of nitrogens with two attached hydrogens (primary N) is 1. The first-order valence-corrected chi connectivity index (χ1v) is 10.5. The highest BCUT2D eigenvalue weighted by molar-refractivity contribution is 5.93. The molecule has 0 aliphatic carbocycles. The second-order valence-electron chi connectivity index (χ2n) is 7.69. The molecule has 1 aromatic carbocycles. The number of aromatic nitrogens is 4. The molecule has 1 aliphatic rings. The van der Waals surface area contributed by atoms with Crippen molar-refractivity contribution in [2.75, 3.05) is 42.3 Å². The van der Waals surface area contributed by atoms with Gasteiger partial charge in [0, 0.05) is 42.1 Å². The van der Waals surface area contributed by atoms with Gasteiger partial charge in [-0.3, -0.25) is 0 Å². The fourth-order valence-electron chi connectivity index (χ4n) is 3.80. The van der Waals surface area contributed by atoms with Crippen molar-refractivity contribution in [2.45, 2.75) is 6.18 Å². The van der Waals surface area contributed by atoms with Crippen LogP contribution in [-0.4, -0.2) is 46.2 Å². The number of halogens is 3. The van der Waals surface area contributed by atoms with E-state index in [1.807, 2.05) is 29.2 Å². The van der Waals surface area contributed by atoms with Crippen molar-refractivity contribution in [1.29, 1.82) is 0 Å². The van der Waals surface area contributed by atoms with Crippen molar-refractivity contribution >= 4 is 34.0 Å². The molecular formula is C23H20F3N7O. The number of anilines is 4. The van der Waals surface area contributed by atoms with E-state index in [-0.39, 0.29) is 17.2 Å². The number of fused-ring (bicyclic) bond motifs is 1. The number of morpholine rings is 1. The van der Waals surface area contributed by atoms with Crippen LogP contribution in [0.25, 0.3) is 22.3 Å². The Morgan fingerprint density at radius 1 is 1.00 bits per heavy atom. The zero-order valence-electron chi connectivity index (χ0n) is 17.9. The summed E-state index contributed by atoms with van der Waals surface area (Å²) in [6.45, 7) is 2.12. The summed E-state index contributed by atoms with van der Waals surface area (Å²) in [5.74, 6) is 0.861. The minimum Gasteiger partial charge on any atom is -0.384 e. The van der Waals surface area contributed by atoms with E-state index < -0.39 is 11.7 Å². The summed E-state index contributed by atoms with van der Waals surface area (Å²) in [6, 6.07) is 11.7. The van der Waals surface area contributed by atoms with Gasteiger partial charge in [-0.2, -0.15) is 13.2 Å². The molecule has 1 fully saturated rings. The van der Waals surface area contributed by atoms with Gasteiger partial charge in [-0.25, -0.2) is 19.9 Å². The van der Waals surface area contributed by atoms with Gasteiger partial charge >= 0.3 is 6.18 Å². The molecule has 0 bridgehead atoms. The van der Waals surface area contributed by atoms with Crippen molar-refractivity contribution in [3.8, 4) is 11.4 Å². The Morgan fingerprint density at radius 2 is 1.82 bits per heavy atom. The maximum atomic E-state index is 13.8. The summed E-state index contributed by atoms with van der Waals surface area (Å²) < 4.78 is 46.9. The molecule has 3 N–H and O–H groups in total. The molecule has 3 aromatic heterocycles. The van der Waals surface area contributed by atoms with Crippen molar-refractivity contribution < 1.29 is 17.9 Å². The lowest BCUT2D eigenvalue weighted by Crippen LogP contribution is -2.37. The average molecular weight is 467 g/mol. The van der Waals surface area contributed by atoms with E-state index in [0.29, 0.717) is 54.5 Å². The van der Waals surface area contributed by atoms with Crippen LogP contribution in [0.15, 0.2) is 54.9 Å². The third-order valence-electron chi connectivity index (χ3n) is 5.40. The summed E-state index contributed by atoms with van der Waals surface area (Å²) in [7, 11) is 0. The summed E-state index contributed by atoms with van der Waals surface area (Å²) in [5, 5.41) is 3.90. The quantitative estimate of drug-likeness (QED) is 0.459. The molecule has 11 heteroatoms. The Hall–Kier alpha value is -3.99. The molecule has 1 saturated heterocycles. The molecule has 0 spiro atoms. The minimum absolute atomic E-state index is 0.0798. The van der Waals surface area contributed by atoms with Crippen LogP contribution < -0.4 is 16.0 Å². The Labute approximate surface area is 192 Å². The first-order chi connectivity index (χ1) is 16.4. The average Bonchev–Trinajstić information content (AvgIpc) is 2.84. The highest BCUT2D eigenvalue weighted by Crippen LogP contribution is 2.38. The second-order valence-corrected chi connectivity index (χ2v) is 7.69. The lowest BCUT2D eigenvalue weighted by Gasteiger charge is -2.29. The molecule has 0 amide bonds. The molecule has 4 aromatic rings. The van der Waals surface area contributed by atoms with Gasteiger partial charge in [-0.1, -0.05) is 6.07 Å². The number of nitrogens with one attached hydrogen (secondary N) is 1. The monoisotopic (exact) mass is 467 g/mol. The lowest BCUT2D eigenvalue weighted by atomic mass is 10.1. The summed E-state index contributed by atoms with van der Waals surface area (Å²) in [4.78, 5) is 19.2. The van der Waals surface area contributed by atoms with E-state index >= 15 is 0 Å². The van der Waals surface area contributed by atoms with Crippen LogP contribution in [0.3, 0.4) is 0 Å². The van der Waals surface area contributed by atoms with Crippen LogP contribution >= 0.6 is 0 Å². The van der Waals surface area contributed by atoms with Gasteiger partial charge < -0.3 is 20.7 Å². The zero-order chi connectivity index (χ0) is 23.7. The molecule has 0 atom stereocenters. The van der Waals surface area contributed by atoms with Gasteiger partial charge in [0.05, 0.1) is 24.3 Å². The molecular weight excluding hydrogens is 447 g/mol. The molecule has 0 unspecified atom stereocenters. The third kappa shape index (κ3) is 4.42. The highest BCUT2D eigenvalue weighted by Gasteiger charge is 2.35. The Balaban J connectivity index is 1.67. The zero-order valence-corrected chi connectivity index (χ0v) is 17.9. The number of hydrogen-bond donors (Lipinski definition) is 2. The third-order valence-corrected chi connectivity index (χ3v) is 5.40. The number of ether oxygens (including phenoxy) is 1. The predicted octanol–water partition coefficient (Wildman–Crippen LogP) is 4.27. The van der Waals surface area contributed by atoms with Crippen LogP contribution in [0.5, 0.6) is 0 Å². The van der Waals surface area contributed by atoms with Gasteiger partial charge in [0.25, 0.3) is 0 Å². The predicted molar refractivity (Wildman–Crippen MR) is 123 cm³/mol. The number of benzene rings is 1. The van der Waals surface area contributed by atoms with Gasteiger partial charge in [-0.15, -0.1) is 0 Å². The number of alkyl halides is 3. The molecule has 34 heavy (non-hydrogen) atoms. The standard InChI is InChI=1S/C23H20F3N7O/c24-23(25,26)17-12-19(27)29-13-16(17)21-31-18-11-14(30-20-3-1-2-6-28-20)4-5-15(18)22(32-21)33-7-9-34-10-8-33/h1-6,11-13H,7-10H2,(H2,27,29)(H,28,30). The normalized spacial score (nSPS) is 14.4. The topological polar surface area (TPSA) is 102 Å². The van der Waals surface area contributed by atoms with Crippen LogP contribution in [0.2, 0.25) is 0 Å². The second kappa shape index (κ2) is 8.75. The molecule has 1 aliphatic heterocycles. The van der Waals surface area contributed by atoms with Gasteiger partial charge in [0.2, 0.25) is 0 Å². The Kier molecular flexibility index (Phi) is 5.62. The summed E-state index contributed by atoms with van der Waals surface area (Å²) in [5.41, 5.74) is 5.55. The molecule has 0 radical (unpaired) electrons. The van der Waals surface area contributed by atoms with Crippen molar-refractivity contribution in [1.82, 2.24) is 19.9 Å². The molecule has 4 heterocycles. The first-order valence-electron chi connectivity index (χ1n) is 10.5. The van der Waals surface area contributed by atoms with E-state index in [2.05, 4.69) is 25.3 Å². The molecule has 0 saturated carbocycles. The maximum absolute atomic E-state index is 13.8. The Bertz CT molecular complexity index is 1330. The van der Waals surface area contributed by atoms with E-state index in [1.54, 1.807) is 18.3 Å². The van der Waals surface area contributed by atoms with Crippen molar-refractivity contribution in [3.63, 3.8) is 0 Å². The van der Waals surface area contributed by atoms with E-state index in [9.17, 15) is 13.2 Å². The summed E-state index contributed by atoms with van der Waals surface area (Å²) >= 11 is 0. The molecule has 8 nitrogen and oxygen atoms in total. The first kappa shape index (κ1) is 21.8. The minimum atomic E-state index is -4.65. The smallest absolute Gasteiger partial charge is 0.384 e. The van der Waals surface area contributed by atoms with E-state index in [4.69, 9.17) is 10.5 Å². The molecule has 5 rings (SSSR count). The number of nitrogens with zero attached hydrogens (tertiary/aromatic N) is 5. The van der Waals surface area contributed by atoms with Crippen molar-refractivity contribution in [3.05, 3.63) is 60.4 Å². The van der Waals surface area contributed by atoms with Crippen LogP contribution in [-0.2, 0) is 10.9 Å². The number of hydrogen-bond acceptors (Lipinski definition) is 8. The number of pyridine rings is 2. The fraction of sp³-hybridized carbons (Fsp3) is 0.217. The largest absolute Gasteiger partial charge is 0.417 e. The highest BCUT2D eigenvalue weighted by atomic mass is 19.4. The van der Waals surface area contributed by atoms with Gasteiger partial charge in [0.15, 0.2) is 5.82 Å². The summed E-state index contributed by atoms with van der Waals surface area (Å²) in [6.07, 6.45) is -1.92. The van der Waals surface area contributed by atoms with E-state index in [0.717, 1.165) is 12.3 Å². The number of nitrogen functional groups attached to an aromatic ring is 1. The lowest BCUT2D eigenvalue weighted by molar-refractivity contribution is -0.137. The fourth-order valence-corrected chi connectivity index (χ4v) is 3.80. The molecule has 174 valence electrons. The van der Waals surface area contributed by atoms with Crippen LogP contribution in [0, 0.1) is 0 Å². The van der Waals surface area contributed by atoms with Crippen LogP contribution in [0.1, 0.15) is 5.56 Å². The van der Waals surface area contributed by atoms with Gasteiger partial charge in [0.1, 0.15) is 17.5 Å². The Morgan fingerprint density at radius 3 is 2.56 bits per heavy atom. The van der Waals surface area contributed by atoms with Crippen molar-refractivity contribution in [2.24, 2.45) is 0 Å². The maximum Gasteiger partial charge on any atom is 0.417 e. The number of rotatable bonds is 4. The van der Waals surface area contributed by atoms with E-state index in [1.165, 1.54) is 0 Å². The van der Waals surface area contributed by atoms with Crippen LogP contribution in [0.4, 0.5) is 36.3 Å². The SMILES string of the molecule is Nc1cc(C(F)(F)F)c(-c2nc(N3CCOCC3)c3ccc(Nc4ccccn4)cc3n2)cn1.